The molecule has 1 heterocycles. The number of nitrogens with one attached hydrogen (secondary N) is 1. The summed E-state index contributed by atoms with van der Waals surface area (Å²) >= 11 is 6.04. The second-order valence-electron chi connectivity index (χ2n) is 5.80. The Morgan fingerprint density at radius 3 is 2.21 bits per heavy atom. The molecular formula is C21H17ClN2. The summed E-state index contributed by atoms with van der Waals surface area (Å²) in [6.45, 7) is 0. The van der Waals surface area contributed by atoms with Crippen LogP contribution in [-0.4, -0.2) is 12.0 Å². The number of H-pyrrole nitrogens is 1. The van der Waals surface area contributed by atoms with Gasteiger partial charge in [-0.1, -0.05) is 60.1 Å². The van der Waals surface area contributed by atoms with E-state index in [1.165, 1.54) is 16.6 Å². The molecule has 3 aromatic carbocycles. The van der Waals surface area contributed by atoms with Gasteiger partial charge in [0.2, 0.25) is 0 Å². The van der Waals surface area contributed by atoms with Crippen molar-refractivity contribution in [2.45, 2.75) is 0 Å². The minimum absolute atomic E-state index is 0.745. The maximum Gasteiger partial charge on any atom is 0.0748 e. The Labute approximate surface area is 146 Å². The number of aromatic amines is 1. The predicted octanol–water partition coefficient (Wildman–Crippen LogP) is 6.26. The maximum absolute atomic E-state index is 6.04. The lowest BCUT2D eigenvalue weighted by Gasteiger charge is -2.21. The Morgan fingerprint density at radius 1 is 0.792 bits per heavy atom. The minimum atomic E-state index is 0.745. The number of fused-ring (bicyclic) bond motifs is 1. The number of benzene rings is 3. The van der Waals surface area contributed by atoms with Gasteiger partial charge in [0.25, 0.3) is 0 Å². The molecule has 0 aliphatic rings. The molecule has 0 aliphatic heterocycles. The third-order valence-corrected chi connectivity index (χ3v) is 4.54. The van der Waals surface area contributed by atoms with Crippen molar-refractivity contribution < 1.29 is 0 Å². The molecule has 0 saturated heterocycles. The Balaban J connectivity index is 1.94. The van der Waals surface area contributed by atoms with Crippen LogP contribution < -0.4 is 4.90 Å². The van der Waals surface area contributed by atoms with Crippen LogP contribution in [0.3, 0.4) is 0 Å². The van der Waals surface area contributed by atoms with Gasteiger partial charge in [-0.2, -0.15) is 0 Å². The molecule has 1 N–H and O–H groups in total. The van der Waals surface area contributed by atoms with Crippen LogP contribution in [0.15, 0.2) is 78.9 Å². The average molecular weight is 333 g/mol. The number of hydrogen-bond acceptors (Lipinski definition) is 1. The van der Waals surface area contributed by atoms with Crippen molar-refractivity contribution in [2.24, 2.45) is 0 Å². The molecule has 0 fully saturated rings. The van der Waals surface area contributed by atoms with Crippen molar-refractivity contribution in [1.82, 2.24) is 4.98 Å². The molecule has 3 heteroatoms. The molecule has 0 amide bonds. The summed E-state index contributed by atoms with van der Waals surface area (Å²) in [5, 5.41) is 1.95. The molecule has 0 radical (unpaired) electrons. The fraction of sp³-hybridized carbons (Fsp3) is 0.0476. The van der Waals surface area contributed by atoms with Crippen molar-refractivity contribution in [3.63, 3.8) is 0 Å². The highest BCUT2D eigenvalue weighted by atomic mass is 35.5. The first-order chi connectivity index (χ1) is 11.7. The lowest BCUT2D eigenvalue weighted by atomic mass is 10.1. The highest BCUT2D eigenvalue weighted by Crippen LogP contribution is 2.40. The third-order valence-electron chi connectivity index (χ3n) is 4.29. The summed E-state index contributed by atoms with van der Waals surface area (Å²) in [4.78, 5) is 5.78. The molecule has 1 aromatic heterocycles. The lowest BCUT2D eigenvalue weighted by Crippen LogP contribution is -2.09. The number of aromatic nitrogens is 1. The van der Waals surface area contributed by atoms with Gasteiger partial charge in [-0.15, -0.1) is 0 Å². The molecule has 0 saturated carbocycles. The molecule has 0 aliphatic carbocycles. The molecule has 4 aromatic rings. The van der Waals surface area contributed by atoms with Crippen LogP contribution in [0.1, 0.15) is 0 Å². The molecule has 0 unspecified atom stereocenters. The van der Waals surface area contributed by atoms with Gasteiger partial charge in [0.15, 0.2) is 0 Å². The zero-order chi connectivity index (χ0) is 16.5. The van der Waals surface area contributed by atoms with Crippen molar-refractivity contribution in [2.75, 3.05) is 11.9 Å². The fourth-order valence-electron chi connectivity index (χ4n) is 3.08. The SMILES string of the molecule is CN(c1ccc(Cl)cc1)c1c(-c2ccccc2)[nH]c2ccccc12. The second-order valence-corrected chi connectivity index (χ2v) is 6.23. The molecule has 4 rings (SSSR count). The van der Waals surface area contributed by atoms with Crippen molar-refractivity contribution in [3.05, 3.63) is 83.9 Å². The van der Waals surface area contributed by atoms with E-state index in [1.807, 2.05) is 30.3 Å². The van der Waals surface area contributed by atoms with Crippen molar-refractivity contribution >= 4 is 33.9 Å². The van der Waals surface area contributed by atoms with Gasteiger partial charge in [0.1, 0.15) is 0 Å². The van der Waals surface area contributed by atoms with E-state index in [4.69, 9.17) is 11.6 Å². The van der Waals surface area contributed by atoms with E-state index in [0.717, 1.165) is 21.9 Å². The number of anilines is 2. The largest absolute Gasteiger partial charge is 0.353 e. The number of hydrogen-bond donors (Lipinski definition) is 1. The van der Waals surface area contributed by atoms with E-state index >= 15 is 0 Å². The van der Waals surface area contributed by atoms with Crippen LogP contribution in [-0.2, 0) is 0 Å². The van der Waals surface area contributed by atoms with Gasteiger partial charge in [-0.3, -0.25) is 0 Å². The first kappa shape index (κ1) is 14.9. The van der Waals surface area contributed by atoms with Gasteiger partial charge in [-0.05, 0) is 30.3 Å². The summed E-state index contributed by atoms with van der Waals surface area (Å²) in [7, 11) is 2.09. The van der Waals surface area contributed by atoms with Crippen LogP contribution in [0.4, 0.5) is 11.4 Å². The zero-order valence-electron chi connectivity index (χ0n) is 13.3. The van der Waals surface area contributed by atoms with E-state index in [0.29, 0.717) is 0 Å². The first-order valence-electron chi connectivity index (χ1n) is 7.89. The molecule has 2 nitrogen and oxygen atoms in total. The lowest BCUT2D eigenvalue weighted by molar-refractivity contribution is 1.22. The smallest absolute Gasteiger partial charge is 0.0748 e. The summed E-state index contributed by atoms with van der Waals surface area (Å²) in [5.41, 5.74) is 5.69. The summed E-state index contributed by atoms with van der Waals surface area (Å²) in [6, 6.07) is 26.7. The standard InChI is InChI=1S/C21H17ClN2/c1-24(17-13-11-16(22)12-14-17)21-18-9-5-6-10-19(18)23-20(21)15-7-3-2-4-8-15/h2-14,23H,1H3. The summed E-state index contributed by atoms with van der Waals surface area (Å²) < 4.78 is 0. The monoisotopic (exact) mass is 332 g/mol. The molecule has 0 spiro atoms. The van der Waals surface area contributed by atoms with Gasteiger partial charge in [-0.25, -0.2) is 0 Å². The van der Waals surface area contributed by atoms with Crippen LogP contribution in [0.5, 0.6) is 0 Å². The molecule has 0 bridgehead atoms. The van der Waals surface area contributed by atoms with E-state index in [1.54, 1.807) is 0 Å². The van der Waals surface area contributed by atoms with Crippen LogP contribution in [0, 0.1) is 0 Å². The Kier molecular flexibility index (Phi) is 3.75. The average Bonchev–Trinajstić information content (AvgIpc) is 3.02. The first-order valence-corrected chi connectivity index (χ1v) is 8.27. The third kappa shape index (κ3) is 2.55. The predicted molar refractivity (Wildman–Crippen MR) is 103 cm³/mol. The Morgan fingerprint density at radius 2 is 1.46 bits per heavy atom. The van der Waals surface area contributed by atoms with Crippen molar-refractivity contribution in [3.8, 4) is 11.3 Å². The molecular weight excluding hydrogens is 316 g/mol. The topological polar surface area (TPSA) is 19.0 Å². The van der Waals surface area contributed by atoms with E-state index in [9.17, 15) is 0 Å². The number of halogens is 1. The van der Waals surface area contributed by atoms with Gasteiger partial charge in [0.05, 0.1) is 11.4 Å². The van der Waals surface area contributed by atoms with Gasteiger partial charge in [0, 0.05) is 34.2 Å². The number of nitrogens with zero attached hydrogens (tertiary/aromatic N) is 1. The van der Waals surface area contributed by atoms with Crippen molar-refractivity contribution in [1.29, 1.82) is 0 Å². The van der Waals surface area contributed by atoms with E-state index in [-0.39, 0.29) is 0 Å². The molecule has 118 valence electrons. The summed E-state index contributed by atoms with van der Waals surface area (Å²) in [5.74, 6) is 0. The van der Waals surface area contributed by atoms with Gasteiger partial charge >= 0.3 is 0 Å². The highest BCUT2D eigenvalue weighted by Gasteiger charge is 2.17. The maximum atomic E-state index is 6.04. The molecule has 24 heavy (non-hydrogen) atoms. The number of rotatable bonds is 3. The number of para-hydroxylation sites is 1. The van der Waals surface area contributed by atoms with E-state index < -0.39 is 0 Å². The van der Waals surface area contributed by atoms with E-state index in [2.05, 4.69) is 65.5 Å². The Bertz CT molecular complexity index is 972. The quantitative estimate of drug-likeness (QED) is 0.469. The van der Waals surface area contributed by atoms with Crippen LogP contribution in [0.2, 0.25) is 5.02 Å². The fourth-order valence-corrected chi connectivity index (χ4v) is 3.21. The zero-order valence-corrected chi connectivity index (χ0v) is 14.1. The van der Waals surface area contributed by atoms with Gasteiger partial charge < -0.3 is 9.88 Å². The molecule has 0 atom stereocenters. The normalized spacial score (nSPS) is 10.9. The van der Waals surface area contributed by atoms with Crippen LogP contribution in [0.25, 0.3) is 22.2 Å². The Hall–Kier alpha value is -2.71. The minimum Gasteiger partial charge on any atom is -0.353 e. The van der Waals surface area contributed by atoms with Crippen LogP contribution >= 0.6 is 11.6 Å². The highest BCUT2D eigenvalue weighted by molar-refractivity contribution is 6.30. The second kappa shape index (κ2) is 6.06. The summed E-state index contributed by atoms with van der Waals surface area (Å²) in [6.07, 6.45) is 0.